The first-order valence-corrected chi connectivity index (χ1v) is 8.80. The van der Waals surface area contributed by atoms with Crippen LogP contribution in [0.5, 0.6) is 0 Å². The van der Waals surface area contributed by atoms with E-state index in [4.69, 9.17) is 0 Å². The molecule has 2 unspecified atom stereocenters. The van der Waals surface area contributed by atoms with Crippen LogP contribution in [0.25, 0.3) is 0 Å². The average molecular weight is 347 g/mol. The molecule has 0 radical (unpaired) electrons. The van der Waals surface area contributed by atoms with Gasteiger partial charge in [0.1, 0.15) is 18.7 Å². The fourth-order valence-electron chi connectivity index (χ4n) is 3.34. The zero-order chi connectivity index (χ0) is 17.9. The number of carbonyl (C=O) groups is 1. The highest BCUT2D eigenvalue weighted by Crippen LogP contribution is 2.33. The van der Waals surface area contributed by atoms with Gasteiger partial charge in [0.25, 0.3) is 0 Å². The van der Waals surface area contributed by atoms with Crippen LogP contribution in [-0.2, 0) is 11.2 Å². The molecule has 132 valence electrons. The second-order valence-electron chi connectivity index (χ2n) is 6.55. The Hall–Kier alpha value is -3.15. The number of benzene rings is 2. The molecule has 0 saturated heterocycles. The Morgan fingerprint density at radius 3 is 2.69 bits per heavy atom. The summed E-state index contributed by atoms with van der Waals surface area (Å²) in [6.07, 6.45) is 5.18. The van der Waals surface area contributed by atoms with Crippen molar-refractivity contribution in [2.45, 2.75) is 31.8 Å². The van der Waals surface area contributed by atoms with Crippen LogP contribution < -0.4 is 10.6 Å². The highest BCUT2D eigenvalue weighted by atomic mass is 16.2. The minimum Gasteiger partial charge on any atom is -0.378 e. The number of hydrogen-bond donors (Lipinski definition) is 2. The van der Waals surface area contributed by atoms with Gasteiger partial charge in [-0.25, -0.2) is 9.67 Å². The van der Waals surface area contributed by atoms with Gasteiger partial charge in [-0.05, 0) is 55.2 Å². The van der Waals surface area contributed by atoms with E-state index in [2.05, 4.69) is 45.0 Å². The number of aromatic nitrogens is 3. The van der Waals surface area contributed by atoms with E-state index in [1.807, 2.05) is 24.3 Å². The summed E-state index contributed by atoms with van der Waals surface area (Å²) in [5.41, 5.74) is 4.62. The Morgan fingerprint density at radius 1 is 1.15 bits per heavy atom. The van der Waals surface area contributed by atoms with Crippen molar-refractivity contribution in [3.8, 4) is 0 Å². The Bertz CT molecular complexity index is 889. The maximum atomic E-state index is 12.3. The van der Waals surface area contributed by atoms with Gasteiger partial charge in [-0.15, -0.1) is 0 Å². The van der Waals surface area contributed by atoms with Crippen molar-refractivity contribution in [3.05, 3.63) is 72.3 Å². The topological polar surface area (TPSA) is 71.8 Å². The van der Waals surface area contributed by atoms with Crippen LogP contribution in [0.15, 0.2) is 61.2 Å². The Balaban J connectivity index is 1.39. The molecule has 2 atom stereocenters. The summed E-state index contributed by atoms with van der Waals surface area (Å²) in [6, 6.07) is 16.3. The third-order valence-electron chi connectivity index (χ3n) is 4.84. The molecule has 1 heterocycles. The fraction of sp³-hybridized carbons (Fsp3) is 0.250. The van der Waals surface area contributed by atoms with Crippen LogP contribution in [-0.4, -0.2) is 20.7 Å². The molecule has 0 aliphatic heterocycles. The average Bonchev–Trinajstić information content (AvgIpc) is 3.33. The number of fused-ring (bicyclic) bond motifs is 1. The summed E-state index contributed by atoms with van der Waals surface area (Å²) in [5, 5.41) is 10.5. The Labute approximate surface area is 152 Å². The molecule has 1 amide bonds. The third-order valence-corrected chi connectivity index (χ3v) is 4.84. The van der Waals surface area contributed by atoms with E-state index in [1.54, 1.807) is 6.92 Å². The van der Waals surface area contributed by atoms with Gasteiger partial charge in [-0.3, -0.25) is 4.79 Å². The molecule has 3 aromatic rings. The summed E-state index contributed by atoms with van der Waals surface area (Å²) in [4.78, 5) is 16.2. The van der Waals surface area contributed by atoms with Gasteiger partial charge in [0.05, 0.1) is 6.04 Å². The lowest BCUT2D eigenvalue weighted by Crippen LogP contribution is -2.24. The van der Waals surface area contributed by atoms with Crippen LogP contribution in [0, 0.1) is 0 Å². The minimum absolute atomic E-state index is 0.124. The minimum atomic E-state index is -0.412. The van der Waals surface area contributed by atoms with Gasteiger partial charge in [0, 0.05) is 11.4 Å². The summed E-state index contributed by atoms with van der Waals surface area (Å²) in [7, 11) is 0. The number of aryl methyl sites for hydroxylation is 1. The predicted molar refractivity (Wildman–Crippen MR) is 101 cm³/mol. The van der Waals surface area contributed by atoms with Crippen molar-refractivity contribution in [3.63, 3.8) is 0 Å². The molecule has 6 nitrogen and oxygen atoms in total. The number of nitrogens with zero attached hydrogens (tertiary/aromatic N) is 3. The Morgan fingerprint density at radius 2 is 1.92 bits per heavy atom. The van der Waals surface area contributed by atoms with E-state index in [1.165, 1.54) is 28.5 Å². The highest BCUT2D eigenvalue weighted by molar-refractivity contribution is 5.93. The zero-order valence-corrected chi connectivity index (χ0v) is 14.6. The highest BCUT2D eigenvalue weighted by Gasteiger charge is 2.21. The van der Waals surface area contributed by atoms with E-state index < -0.39 is 6.04 Å². The number of anilines is 2. The van der Waals surface area contributed by atoms with Gasteiger partial charge in [-0.2, -0.15) is 5.10 Å². The molecule has 26 heavy (non-hydrogen) atoms. The van der Waals surface area contributed by atoms with Crippen molar-refractivity contribution in [1.82, 2.24) is 14.8 Å². The first-order valence-electron chi connectivity index (χ1n) is 8.80. The van der Waals surface area contributed by atoms with Crippen LogP contribution in [0.2, 0.25) is 0 Å². The van der Waals surface area contributed by atoms with E-state index >= 15 is 0 Å². The molecule has 2 N–H and O–H groups in total. The van der Waals surface area contributed by atoms with E-state index in [0.29, 0.717) is 6.04 Å². The lowest BCUT2D eigenvalue weighted by Gasteiger charge is -2.16. The van der Waals surface area contributed by atoms with Gasteiger partial charge in [0.2, 0.25) is 5.91 Å². The lowest BCUT2D eigenvalue weighted by atomic mass is 10.1. The lowest BCUT2D eigenvalue weighted by molar-refractivity contribution is -0.119. The molecule has 6 heteroatoms. The van der Waals surface area contributed by atoms with Crippen molar-refractivity contribution in [2.24, 2.45) is 0 Å². The monoisotopic (exact) mass is 347 g/mol. The molecule has 0 saturated carbocycles. The van der Waals surface area contributed by atoms with Crippen LogP contribution in [0.1, 0.15) is 36.6 Å². The molecule has 0 spiro atoms. The van der Waals surface area contributed by atoms with E-state index in [0.717, 1.165) is 24.2 Å². The van der Waals surface area contributed by atoms with Crippen molar-refractivity contribution < 1.29 is 4.79 Å². The molecular formula is C20H21N5O. The summed E-state index contributed by atoms with van der Waals surface area (Å²) < 4.78 is 1.53. The molecule has 0 bridgehead atoms. The number of hydrogen-bond acceptors (Lipinski definition) is 4. The maximum absolute atomic E-state index is 12.3. The van der Waals surface area contributed by atoms with Crippen LogP contribution in [0.3, 0.4) is 0 Å². The smallest absolute Gasteiger partial charge is 0.249 e. The molecule has 2 aromatic carbocycles. The quantitative estimate of drug-likeness (QED) is 0.740. The number of amides is 1. The first-order chi connectivity index (χ1) is 12.7. The molecule has 1 aliphatic rings. The largest absolute Gasteiger partial charge is 0.378 e. The van der Waals surface area contributed by atoms with Crippen LogP contribution in [0.4, 0.5) is 11.4 Å². The number of nitrogens with one attached hydrogen (secondary N) is 2. The maximum Gasteiger partial charge on any atom is 0.249 e. The normalized spacial score (nSPS) is 16.7. The molecule has 4 rings (SSSR count). The number of rotatable bonds is 5. The summed E-state index contributed by atoms with van der Waals surface area (Å²) in [6.45, 7) is 1.79. The fourth-order valence-corrected chi connectivity index (χ4v) is 3.34. The van der Waals surface area contributed by atoms with Crippen molar-refractivity contribution >= 4 is 17.3 Å². The SMILES string of the molecule is CC(C(=O)Nc1ccc(NC2CCc3ccccc32)cc1)n1cncn1. The molecule has 0 fully saturated rings. The van der Waals surface area contributed by atoms with Gasteiger partial charge in [0.15, 0.2) is 0 Å². The number of carbonyl (C=O) groups excluding carboxylic acids is 1. The van der Waals surface area contributed by atoms with Gasteiger partial charge < -0.3 is 10.6 Å². The second-order valence-corrected chi connectivity index (χ2v) is 6.55. The van der Waals surface area contributed by atoms with Crippen molar-refractivity contribution in [2.75, 3.05) is 10.6 Å². The third kappa shape index (κ3) is 3.31. The second kappa shape index (κ2) is 7.00. The van der Waals surface area contributed by atoms with E-state index in [-0.39, 0.29) is 5.91 Å². The standard InChI is InChI=1S/C20H21N5O/c1-14(25-13-21-12-22-25)20(26)24-17-9-7-16(8-10-17)23-19-11-6-15-4-2-3-5-18(15)19/h2-5,7-10,12-14,19,23H,6,11H2,1H3,(H,24,26). The molecule has 1 aliphatic carbocycles. The summed E-state index contributed by atoms with van der Waals surface area (Å²) >= 11 is 0. The van der Waals surface area contributed by atoms with E-state index in [9.17, 15) is 4.79 Å². The zero-order valence-electron chi connectivity index (χ0n) is 14.6. The first kappa shape index (κ1) is 16.3. The van der Waals surface area contributed by atoms with Gasteiger partial charge in [-0.1, -0.05) is 24.3 Å². The Kier molecular flexibility index (Phi) is 4.39. The molecule has 1 aromatic heterocycles. The molecular weight excluding hydrogens is 326 g/mol. The van der Waals surface area contributed by atoms with Crippen LogP contribution >= 0.6 is 0 Å². The summed E-state index contributed by atoms with van der Waals surface area (Å²) in [5.74, 6) is -0.124. The van der Waals surface area contributed by atoms with Crippen molar-refractivity contribution in [1.29, 1.82) is 0 Å². The predicted octanol–water partition coefficient (Wildman–Crippen LogP) is 3.58. The van der Waals surface area contributed by atoms with Gasteiger partial charge >= 0.3 is 0 Å².